The fraction of sp³-hybridized carbons (Fsp3) is 0.190. The molecule has 0 aliphatic rings. The molecule has 0 N–H and O–H groups in total. The van der Waals surface area contributed by atoms with E-state index in [9.17, 15) is 8.42 Å². The van der Waals surface area contributed by atoms with Crippen LogP contribution in [-0.2, 0) is 16.6 Å². The average molecular weight is 398 g/mol. The van der Waals surface area contributed by atoms with Gasteiger partial charge in [0.25, 0.3) is 10.0 Å². The van der Waals surface area contributed by atoms with Gasteiger partial charge in [-0.05, 0) is 66.6 Å². The van der Waals surface area contributed by atoms with Crippen LogP contribution in [0.5, 0.6) is 11.5 Å². The van der Waals surface area contributed by atoms with Crippen LogP contribution in [0, 0.1) is 6.92 Å². The summed E-state index contributed by atoms with van der Waals surface area (Å²) in [7, 11) is -0.698. The molecular weight excluding hydrogens is 376 g/mol. The molecule has 0 saturated heterocycles. The lowest BCUT2D eigenvalue weighted by molar-refractivity contribution is 0.414. The topological polar surface area (TPSA) is 68.7 Å². The zero-order chi connectivity index (χ0) is 20.1. The molecule has 0 bridgehead atoms. The Morgan fingerprint density at radius 3 is 2.21 bits per heavy atom. The fourth-order valence-electron chi connectivity index (χ4n) is 2.88. The number of benzene rings is 2. The van der Waals surface area contributed by atoms with Gasteiger partial charge in [0, 0.05) is 12.4 Å². The first kappa shape index (κ1) is 19.7. The molecule has 0 fully saturated rings. The van der Waals surface area contributed by atoms with Crippen molar-refractivity contribution in [1.29, 1.82) is 0 Å². The molecule has 0 unspecified atom stereocenters. The quantitative estimate of drug-likeness (QED) is 0.605. The van der Waals surface area contributed by atoms with Gasteiger partial charge in [-0.15, -0.1) is 0 Å². The van der Waals surface area contributed by atoms with Crippen molar-refractivity contribution in [3.8, 4) is 11.5 Å². The Morgan fingerprint density at radius 2 is 1.64 bits per heavy atom. The molecule has 3 rings (SSSR count). The first-order valence-electron chi connectivity index (χ1n) is 8.66. The Labute approximate surface area is 165 Å². The number of anilines is 1. The molecule has 0 atom stereocenters. The zero-order valence-corrected chi connectivity index (χ0v) is 16.8. The summed E-state index contributed by atoms with van der Waals surface area (Å²) < 4.78 is 38.9. The number of methoxy groups -OCH3 is 2. The van der Waals surface area contributed by atoms with Gasteiger partial charge in [-0.25, -0.2) is 8.42 Å². The van der Waals surface area contributed by atoms with E-state index in [4.69, 9.17) is 9.47 Å². The number of aryl methyl sites for hydroxylation is 1. The number of nitrogens with zero attached hydrogens (tertiary/aromatic N) is 2. The Balaban J connectivity index is 2.08. The highest BCUT2D eigenvalue weighted by atomic mass is 32.2. The molecule has 0 radical (unpaired) electrons. The van der Waals surface area contributed by atoms with Crippen molar-refractivity contribution in [2.24, 2.45) is 0 Å². The molecule has 1 heterocycles. The first-order valence-corrected chi connectivity index (χ1v) is 10.1. The summed E-state index contributed by atoms with van der Waals surface area (Å²) in [6.45, 7) is 1.92. The minimum atomic E-state index is -3.82. The summed E-state index contributed by atoms with van der Waals surface area (Å²) in [4.78, 5) is 4.33. The molecule has 2 aromatic carbocycles. The van der Waals surface area contributed by atoms with Crippen LogP contribution in [0.2, 0.25) is 0 Å². The maximum absolute atomic E-state index is 13.5. The summed E-state index contributed by atoms with van der Waals surface area (Å²) in [5.41, 5.74) is 1.94. The molecule has 28 heavy (non-hydrogen) atoms. The second-order valence-corrected chi connectivity index (χ2v) is 8.03. The summed E-state index contributed by atoms with van der Waals surface area (Å²) in [6.07, 6.45) is 3.32. The predicted octanol–water partition coefficient (Wildman–Crippen LogP) is 3.80. The Hall–Kier alpha value is -3.06. The Kier molecular flexibility index (Phi) is 5.84. The van der Waals surface area contributed by atoms with Crippen LogP contribution in [0.25, 0.3) is 0 Å². The van der Waals surface area contributed by atoms with E-state index < -0.39 is 10.0 Å². The molecule has 0 amide bonds. The number of ether oxygens (including phenoxy) is 2. The maximum Gasteiger partial charge on any atom is 0.264 e. The van der Waals surface area contributed by atoms with E-state index in [-0.39, 0.29) is 11.4 Å². The van der Waals surface area contributed by atoms with Crippen molar-refractivity contribution in [2.75, 3.05) is 18.5 Å². The van der Waals surface area contributed by atoms with Gasteiger partial charge >= 0.3 is 0 Å². The van der Waals surface area contributed by atoms with Crippen LogP contribution >= 0.6 is 0 Å². The normalized spacial score (nSPS) is 11.1. The van der Waals surface area contributed by atoms with Gasteiger partial charge in [0.2, 0.25) is 0 Å². The number of sulfonamides is 1. The minimum absolute atomic E-state index is 0.161. The van der Waals surface area contributed by atoms with E-state index >= 15 is 0 Å². The summed E-state index contributed by atoms with van der Waals surface area (Å²) in [6, 6.07) is 15.5. The number of hydrogen-bond donors (Lipinski definition) is 0. The number of hydrogen-bond acceptors (Lipinski definition) is 5. The van der Waals surface area contributed by atoms with E-state index in [1.807, 2.05) is 6.07 Å². The van der Waals surface area contributed by atoms with E-state index in [1.165, 1.54) is 4.31 Å². The number of rotatable bonds is 7. The van der Waals surface area contributed by atoms with Gasteiger partial charge in [0.15, 0.2) is 0 Å². The summed E-state index contributed by atoms with van der Waals surface area (Å²) >= 11 is 0. The molecule has 0 aliphatic carbocycles. The average Bonchev–Trinajstić information content (AvgIpc) is 2.72. The van der Waals surface area contributed by atoms with Gasteiger partial charge in [-0.1, -0.05) is 6.07 Å². The SMILES string of the molecule is COc1ccc(N(Cc2cccnc2)S(=O)(=O)c2ccc(OC)cc2C)cc1. The van der Waals surface area contributed by atoms with Gasteiger partial charge < -0.3 is 9.47 Å². The van der Waals surface area contributed by atoms with E-state index in [1.54, 1.807) is 82.1 Å². The molecule has 0 spiro atoms. The lowest BCUT2D eigenvalue weighted by Gasteiger charge is -2.25. The van der Waals surface area contributed by atoms with Gasteiger partial charge in [-0.2, -0.15) is 0 Å². The van der Waals surface area contributed by atoms with Crippen LogP contribution in [0.15, 0.2) is 71.9 Å². The zero-order valence-electron chi connectivity index (χ0n) is 16.0. The van der Waals surface area contributed by atoms with Crippen molar-refractivity contribution in [3.63, 3.8) is 0 Å². The molecule has 1 aromatic heterocycles. The second kappa shape index (κ2) is 8.31. The van der Waals surface area contributed by atoms with Crippen LogP contribution in [0.3, 0.4) is 0 Å². The second-order valence-electron chi connectivity index (χ2n) is 6.20. The van der Waals surface area contributed by atoms with Crippen molar-refractivity contribution < 1.29 is 17.9 Å². The fourth-order valence-corrected chi connectivity index (χ4v) is 4.54. The smallest absolute Gasteiger partial charge is 0.264 e. The minimum Gasteiger partial charge on any atom is -0.497 e. The third-order valence-corrected chi connectivity index (χ3v) is 6.29. The van der Waals surface area contributed by atoms with Crippen molar-refractivity contribution in [3.05, 3.63) is 78.1 Å². The first-order chi connectivity index (χ1) is 13.5. The van der Waals surface area contributed by atoms with E-state index in [0.717, 1.165) is 5.56 Å². The molecule has 146 valence electrons. The lowest BCUT2D eigenvalue weighted by Crippen LogP contribution is -2.31. The van der Waals surface area contributed by atoms with Crippen molar-refractivity contribution in [2.45, 2.75) is 18.4 Å². The van der Waals surface area contributed by atoms with Gasteiger partial charge in [-0.3, -0.25) is 9.29 Å². The van der Waals surface area contributed by atoms with Crippen molar-refractivity contribution >= 4 is 15.7 Å². The van der Waals surface area contributed by atoms with Crippen LogP contribution in [0.4, 0.5) is 5.69 Å². The highest BCUT2D eigenvalue weighted by Crippen LogP contribution is 2.30. The standard InChI is InChI=1S/C21H22N2O4S/c1-16-13-20(27-3)10-11-21(16)28(24,25)23(15-17-5-4-12-22-14-17)18-6-8-19(26-2)9-7-18/h4-14H,15H2,1-3H3. The van der Waals surface area contributed by atoms with Crippen LogP contribution < -0.4 is 13.8 Å². The molecule has 0 aliphatic heterocycles. The highest BCUT2D eigenvalue weighted by Gasteiger charge is 2.27. The van der Waals surface area contributed by atoms with Crippen molar-refractivity contribution in [1.82, 2.24) is 4.98 Å². The Bertz CT molecular complexity index is 1040. The van der Waals surface area contributed by atoms with Gasteiger partial charge in [0.1, 0.15) is 11.5 Å². The largest absolute Gasteiger partial charge is 0.497 e. The molecule has 0 saturated carbocycles. The Morgan fingerprint density at radius 1 is 0.964 bits per heavy atom. The molecular formula is C21H22N2O4S. The third kappa shape index (κ3) is 4.09. The van der Waals surface area contributed by atoms with Crippen LogP contribution in [-0.4, -0.2) is 27.6 Å². The molecule has 3 aromatic rings. The number of aromatic nitrogens is 1. The third-order valence-electron chi connectivity index (χ3n) is 4.36. The summed E-state index contributed by atoms with van der Waals surface area (Å²) in [5.74, 6) is 1.27. The monoisotopic (exact) mass is 398 g/mol. The van der Waals surface area contributed by atoms with Gasteiger partial charge in [0.05, 0.1) is 31.3 Å². The number of pyridine rings is 1. The molecule has 7 heteroatoms. The maximum atomic E-state index is 13.5. The van der Waals surface area contributed by atoms with E-state index in [2.05, 4.69) is 4.98 Å². The highest BCUT2D eigenvalue weighted by molar-refractivity contribution is 7.92. The molecule has 6 nitrogen and oxygen atoms in total. The summed E-state index contributed by atoms with van der Waals surface area (Å²) in [5, 5.41) is 0. The van der Waals surface area contributed by atoms with Crippen LogP contribution in [0.1, 0.15) is 11.1 Å². The predicted molar refractivity (Wildman–Crippen MR) is 108 cm³/mol. The lowest BCUT2D eigenvalue weighted by atomic mass is 10.2. The van der Waals surface area contributed by atoms with E-state index in [0.29, 0.717) is 22.7 Å².